The van der Waals surface area contributed by atoms with Crippen LogP contribution in [0.25, 0.3) is 0 Å². The molecule has 6 heteroatoms. The zero-order chi connectivity index (χ0) is 18.7. The Morgan fingerprint density at radius 1 is 1.08 bits per heavy atom. The van der Waals surface area contributed by atoms with Crippen LogP contribution in [0.15, 0.2) is 48.5 Å². The zero-order valence-electron chi connectivity index (χ0n) is 14.4. The van der Waals surface area contributed by atoms with Gasteiger partial charge in [0.15, 0.2) is 0 Å². The van der Waals surface area contributed by atoms with E-state index in [4.69, 9.17) is 0 Å². The molecule has 0 saturated carbocycles. The Labute approximate surface area is 155 Å². The highest BCUT2D eigenvalue weighted by atomic mass is 32.2. The smallest absolute Gasteiger partial charge is 0.338 e. The van der Waals surface area contributed by atoms with Gasteiger partial charge >= 0.3 is 6.18 Å². The second-order valence-electron chi connectivity index (χ2n) is 6.37. The van der Waals surface area contributed by atoms with E-state index in [0.29, 0.717) is 23.9 Å². The number of aryl methyl sites for hydroxylation is 1. The van der Waals surface area contributed by atoms with Crippen molar-refractivity contribution in [2.45, 2.75) is 24.8 Å². The van der Waals surface area contributed by atoms with Crippen molar-refractivity contribution in [3.63, 3.8) is 0 Å². The predicted molar refractivity (Wildman–Crippen MR) is 98.3 cm³/mol. The van der Waals surface area contributed by atoms with E-state index in [0.717, 1.165) is 24.3 Å². The van der Waals surface area contributed by atoms with E-state index in [1.54, 1.807) is 4.90 Å². The number of alkyl halides is 3. The number of rotatable bonds is 2. The molecule has 1 saturated heterocycles. The number of nitrogens with zero attached hydrogens (tertiary/aromatic N) is 1. The Hall–Kier alpha value is -1.95. The lowest BCUT2D eigenvalue weighted by atomic mass is 10.0. The molecule has 138 valence electrons. The minimum atomic E-state index is -4.39. The third kappa shape index (κ3) is 4.23. The molecule has 1 heterocycles. The maximum Gasteiger partial charge on any atom is 0.416 e. The summed E-state index contributed by atoms with van der Waals surface area (Å²) in [5, 5.41) is 0.335. The molecule has 1 aliphatic heterocycles. The predicted octanol–water partition coefficient (Wildman–Crippen LogP) is 5.33. The van der Waals surface area contributed by atoms with Gasteiger partial charge in [0.25, 0.3) is 5.91 Å². The summed E-state index contributed by atoms with van der Waals surface area (Å²) < 4.78 is 38.0. The minimum Gasteiger partial charge on any atom is -0.338 e. The van der Waals surface area contributed by atoms with Gasteiger partial charge in [0.05, 0.1) is 5.56 Å². The fourth-order valence-electron chi connectivity index (χ4n) is 3.15. The van der Waals surface area contributed by atoms with Crippen LogP contribution >= 0.6 is 11.8 Å². The summed E-state index contributed by atoms with van der Waals surface area (Å²) in [5.41, 5.74) is 2.10. The number of amides is 1. The monoisotopic (exact) mass is 379 g/mol. The fraction of sp³-hybridized carbons (Fsp3) is 0.350. The first-order valence-corrected chi connectivity index (χ1v) is 9.55. The molecule has 0 spiro atoms. The molecule has 0 aromatic heterocycles. The molecule has 0 bridgehead atoms. The van der Waals surface area contributed by atoms with Crippen LogP contribution in [0.5, 0.6) is 0 Å². The number of hydrogen-bond acceptors (Lipinski definition) is 2. The van der Waals surface area contributed by atoms with Crippen molar-refractivity contribution in [2.75, 3.05) is 18.8 Å². The summed E-state index contributed by atoms with van der Waals surface area (Å²) in [7, 11) is 0. The highest BCUT2D eigenvalue weighted by Crippen LogP contribution is 2.36. The molecule has 1 fully saturated rings. The molecule has 0 radical (unpaired) electrons. The lowest BCUT2D eigenvalue weighted by molar-refractivity contribution is -0.137. The van der Waals surface area contributed by atoms with E-state index >= 15 is 0 Å². The lowest BCUT2D eigenvalue weighted by Crippen LogP contribution is -2.33. The Bertz CT molecular complexity index is 773. The first kappa shape index (κ1) is 18.8. The molecule has 3 rings (SSSR count). The number of carbonyl (C=O) groups excluding carboxylic acids is 1. The van der Waals surface area contributed by atoms with Crippen LogP contribution < -0.4 is 0 Å². The van der Waals surface area contributed by atoms with Crippen molar-refractivity contribution < 1.29 is 18.0 Å². The summed E-state index contributed by atoms with van der Waals surface area (Å²) >= 11 is 1.83. The van der Waals surface area contributed by atoms with Gasteiger partial charge in [-0.1, -0.05) is 24.3 Å². The quantitative estimate of drug-likeness (QED) is 0.703. The maximum atomic E-state index is 12.7. The molecular formula is C20H20F3NOS. The summed E-state index contributed by atoms with van der Waals surface area (Å²) in [6, 6.07) is 12.7. The molecule has 0 unspecified atom stereocenters. The topological polar surface area (TPSA) is 20.3 Å². The first-order valence-electron chi connectivity index (χ1n) is 8.50. The summed E-state index contributed by atoms with van der Waals surface area (Å²) in [6.45, 7) is 3.30. The largest absolute Gasteiger partial charge is 0.416 e. The average molecular weight is 379 g/mol. The highest BCUT2D eigenvalue weighted by Gasteiger charge is 2.30. The summed E-state index contributed by atoms with van der Waals surface area (Å²) in [4.78, 5) is 14.4. The molecule has 1 atom stereocenters. The third-order valence-electron chi connectivity index (χ3n) is 4.62. The Morgan fingerprint density at radius 2 is 1.77 bits per heavy atom. The summed E-state index contributed by atoms with van der Waals surface area (Å²) in [6.07, 6.45) is -3.55. The van der Waals surface area contributed by atoms with Gasteiger partial charge in [0.2, 0.25) is 0 Å². The van der Waals surface area contributed by atoms with E-state index in [1.165, 1.54) is 23.3 Å². The van der Waals surface area contributed by atoms with Gasteiger partial charge in [0.1, 0.15) is 0 Å². The van der Waals surface area contributed by atoms with E-state index in [9.17, 15) is 18.0 Å². The molecule has 0 aliphatic carbocycles. The Morgan fingerprint density at radius 3 is 2.42 bits per heavy atom. The molecule has 2 aromatic carbocycles. The van der Waals surface area contributed by atoms with Gasteiger partial charge in [-0.05, 0) is 48.7 Å². The van der Waals surface area contributed by atoms with Crippen molar-refractivity contribution in [1.29, 1.82) is 0 Å². The Balaban J connectivity index is 1.69. The van der Waals surface area contributed by atoms with E-state index in [1.807, 2.05) is 23.9 Å². The van der Waals surface area contributed by atoms with Gasteiger partial charge in [-0.3, -0.25) is 4.79 Å². The van der Waals surface area contributed by atoms with Crippen molar-refractivity contribution in [2.24, 2.45) is 0 Å². The fourth-order valence-corrected chi connectivity index (χ4v) is 4.48. The number of carbonyl (C=O) groups is 1. The SMILES string of the molecule is Cc1ccccc1[C@@H]1CCN(C(=O)c2ccc(C(F)(F)F)cc2)CCS1. The molecule has 2 nitrogen and oxygen atoms in total. The van der Waals surface area contributed by atoms with Crippen LogP contribution in [0, 0.1) is 6.92 Å². The highest BCUT2D eigenvalue weighted by molar-refractivity contribution is 7.99. The molecule has 1 amide bonds. The molecule has 2 aromatic rings. The van der Waals surface area contributed by atoms with Crippen LogP contribution in [-0.4, -0.2) is 29.6 Å². The third-order valence-corrected chi connectivity index (χ3v) is 5.93. The molecule has 1 aliphatic rings. The maximum absolute atomic E-state index is 12.7. The van der Waals surface area contributed by atoms with Gasteiger partial charge in [-0.25, -0.2) is 0 Å². The lowest BCUT2D eigenvalue weighted by Gasteiger charge is -2.21. The number of benzene rings is 2. The van der Waals surface area contributed by atoms with Gasteiger partial charge in [0, 0.05) is 29.7 Å². The number of hydrogen-bond donors (Lipinski definition) is 0. The van der Waals surface area contributed by atoms with Crippen molar-refractivity contribution in [3.05, 3.63) is 70.8 Å². The van der Waals surface area contributed by atoms with E-state index in [2.05, 4.69) is 19.1 Å². The van der Waals surface area contributed by atoms with Crippen molar-refractivity contribution >= 4 is 17.7 Å². The van der Waals surface area contributed by atoms with Gasteiger partial charge < -0.3 is 4.90 Å². The van der Waals surface area contributed by atoms with Crippen LogP contribution in [0.4, 0.5) is 13.2 Å². The van der Waals surface area contributed by atoms with E-state index < -0.39 is 11.7 Å². The van der Waals surface area contributed by atoms with E-state index in [-0.39, 0.29) is 5.91 Å². The second kappa shape index (κ2) is 7.74. The van der Waals surface area contributed by atoms with Crippen LogP contribution in [-0.2, 0) is 6.18 Å². The number of thioether (sulfide) groups is 1. The first-order chi connectivity index (χ1) is 12.4. The zero-order valence-corrected chi connectivity index (χ0v) is 15.2. The van der Waals surface area contributed by atoms with Gasteiger partial charge in [-0.2, -0.15) is 24.9 Å². The van der Waals surface area contributed by atoms with Crippen LogP contribution in [0.2, 0.25) is 0 Å². The molecule has 0 N–H and O–H groups in total. The average Bonchev–Trinajstić information content (AvgIpc) is 2.87. The number of halogens is 3. The minimum absolute atomic E-state index is 0.204. The summed E-state index contributed by atoms with van der Waals surface area (Å²) in [5.74, 6) is 0.607. The van der Waals surface area contributed by atoms with Crippen molar-refractivity contribution in [1.82, 2.24) is 4.90 Å². The van der Waals surface area contributed by atoms with Crippen LogP contribution in [0.3, 0.4) is 0 Å². The normalized spacial score (nSPS) is 18.5. The molecular weight excluding hydrogens is 359 g/mol. The second-order valence-corrected chi connectivity index (χ2v) is 7.68. The van der Waals surface area contributed by atoms with Crippen molar-refractivity contribution in [3.8, 4) is 0 Å². The van der Waals surface area contributed by atoms with Crippen LogP contribution in [0.1, 0.15) is 38.7 Å². The standard InChI is InChI=1S/C20H20F3NOS/c1-14-4-2-3-5-17(14)18-10-11-24(12-13-26-18)19(25)15-6-8-16(9-7-15)20(21,22)23/h2-9,18H,10-13H2,1H3/t18-/m0/s1. The Kier molecular flexibility index (Phi) is 5.61. The molecule has 26 heavy (non-hydrogen) atoms. The van der Waals surface area contributed by atoms with Gasteiger partial charge in [-0.15, -0.1) is 0 Å².